The van der Waals surface area contributed by atoms with Gasteiger partial charge in [-0.15, -0.1) is 0 Å². The lowest BCUT2D eigenvalue weighted by molar-refractivity contribution is -0.386. The third-order valence-electron chi connectivity index (χ3n) is 7.55. The molecule has 1 aliphatic heterocycles. The molecule has 3 aromatic rings. The molecule has 10 heteroatoms. The van der Waals surface area contributed by atoms with Crippen molar-refractivity contribution < 1.29 is 24.0 Å². The topological polar surface area (TPSA) is 124 Å². The van der Waals surface area contributed by atoms with Gasteiger partial charge in [0.1, 0.15) is 12.2 Å². The summed E-state index contributed by atoms with van der Waals surface area (Å²) in [7, 11) is 0. The lowest BCUT2D eigenvalue weighted by Gasteiger charge is -2.40. The number of carbonyl (C=O) groups excluding carboxylic acids is 2. The number of hydrogen-bond donors (Lipinski definition) is 1. The second kappa shape index (κ2) is 10.5. The zero-order valence-electron chi connectivity index (χ0n) is 23.7. The number of pyridine rings is 1. The normalized spacial score (nSPS) is 17.4. The number of hydrogen-bond acceptors (Lipinski definition) is 7. The smallest absolute Gasteiger partial charge is 0.410 e. The van der Waals surface area contributed by atoms with Crippen LogP contribution in [0.2, 0.25) is 0 Å². The highest BCUT2D eigenvalue weighted by molar-refractivity contribution is 5.98. The van der Waals surface area contributed by atoms with E-state index in [0.29, 0.717) is 18.5 Å². The monoisotopic (exact) mass is 558 g/mol. The van der Waals surface area contributed by atoms with E-state index in [0.717, 1.165) is 34.9 Å². The van der Waals surface area contributed by atoms with Crippen molar-refractivity contribution in [1.82, 2.24) is 15.2 Å². The number of aryl methyl sites for hydroxylation is 1. The maximum Gasteiger partial charge on any atom is 0.410 e. The van der Waals surface area contributed by atoms with Crippen molar-refractivity contribution in [3.05, 3.63) is 81.5 Å². The maximum atomic E-state index is 13.7. The Labute approximate surface area is 238 Å². The van der Waals surface area contributed by atoms with Crippen molar-refractivity contribution in [1.29, 1.82) is 0 Å². The fourth-order valence-corrected chi connectivity index (χ4v) is 5.13. The molecule has 214 valence electrons. The van der Waals surface area contributed by atoms with Crippen LogP contribution in [0.5, 0.6) is 5.75 Å². The average Bonchev–Trinajstić information content (AvgIpc) is 3.66. The maximum absolute atomic E-state index is 13.7. The molecule has 0 radical (unpaired) electrons. The van der Waals surface area contributed by atoms with Gasteiger partial charge >= 0.3 is 11.8 Å². The summed E-state index contributed by atoms with van der Waals surface area (Å²) in [6.07, 6.45) is 5.22. The van der Waals surface area contributed by atoms with Crippen LogP contribution in [0.25, 0.3) is 17.0 Å². The third kappa shape index (κ3) is 5.73. The molecule has 10 nitrogen and oxygen atoms in total. The molecule has 2 aliphatic rings. The molecular formula is C31H34N4O6. The van der Waals surface area contributed by atoms with Crippen LogP contribution in [0.4, 0.5) is 10.5 Å². The van der Waals surface area contributed by atoms with Crippen molar-refractivity contribution in [3.63, 3.8) is 0 Å². The van der Waals surface area contributed by atoms with E-state index in [1.807, 2.05) is 24.3 Å². The van der Waals surface area contributed by atoms with E-state index in [2.05, 4.69) is 16.9 Å². The minimum atomic E-state index is -0.634. The zero-order valence-corrected chi connectivity index (χ0v) is 23.7. The summed E-state index contributed by atoms with van der Waals surface area (Å²) in [4.78, 5) is 43.5. The van der Waals surface area contributed by atoms with Gasteiger partial charge in [-0.25, -0.2) is 4.79 Å². The van der Waals surface area contributed by atoms with Crippen molar-refractivity contribution in [2.75, 3.05) is 13.2 Å². The number of aromatic nitrogens is 1. The summed E-state index contributed by atoms with van der Waals surface area (Å²) >= 11 is 0. The SMILES string of the molecule is C=Cc1cc(C2(NC(=O)c3cc(OC[C@@H]4CCN4C(=O)OC(C)(C)C)c([N+](=O)[O-])cc3C)CC2)c2cccnc2c1. The summed E-state index contributed by atoms with van der Waals surface area (Å²) in [6, 6.07) is 10.3. The molecular weight excluding hydrogens is 524 g/mol. The Balaban J connectivity index is 1.38. The Morgan fingerprint density at radius 3 is 2.63 bits per heavy atom. The number of nitro groups is 1. The Hall–Kier alpha value is -4.47. The van der Waals surface area contributed by atoms with E-state index in [-0.39, 0.29) is 35.6 Å². The first-order valence-corrected chi connectivity index (χ1v) is 13.7. The van der Waals surface area contributed by atoms with Crippen LogP contribution < -0.4 is 10.1 Å². The van der Waals surface area contributed by atoms with Gasteiger partial charge in [0.25, 0.3) is 5.91 Å². The standard InChI is InChI=1S/C31H34N4O6/c1-6-20-15-24(22-8-7-12-32-25(22)16-20)31(10-11-31)33-28(36)23-17-27(26(35(38)39)14-19(23)2)40-18-21-9-13-34(21)29(37)41-30(3,4)5/h6-8,12,14-17,21H,1,9-11,13,18H2,2-5H3,(H,33,36)/t21-/m0/s1. The molecule has 1 saturated heterocycles. The minimum absolute atomic E-state index is 0.0186. The molecule has 1 atom stereocenters. The van der Waals surface area contributed by atoms with Gasteiger partial charge in [-0.3, -0.25) is 19.9 Å². The van der Waals surface area contributed by atoms with E-state index >= 15 is 0 Å². The molecule has 0 unspecified atom stereocenters. The molecule has 0 spiro atoms. The number of carbonyl (C=O) groups is 2. The lowest BCUT2D eigenvalue weighted by Crippen LogP contribution is -2.55. The molecule has 0 bridgehead atoms. The quantitative estimate of drug-likeness (QED) is 0.270. The second-order valence-electron chi connectivity index (χ2n) is 11.7. The van der Waals surface area contributed by atoms with Crippen LogP contribution in [0.1, 0.15) is 67.1 Å². The highest BCUT2D eigenvalue weighted by atomic mass is 16.6. The molecule has 1 aromatic heterocycles. The summed E-state index contributed by atoms with van der Waals surface area (Å²) in [5, 5.41) is 16.0. The summed E-state index contributed by atoms with van der Waals surface area (Å²) in [6.45, 7) is 11.5. The largest absolute Gasteiger partial charge is 0.485 e. The molecule has 1 saturated carbocycles. The van der Waals surface area contributed by atoms with E-state index in [1.54, 1.807) is 44.9 Å². The predicted molar refractivity (Wildman–Crippen MR) is 155 cm³/mol. The molecule has 2 heterocycles. The van der Waals surface area contributed by atoms with Crippen molar-refractivity contribution in [2.24, 2.45) is 0 Å². The molecule has 2 fully saturated rings. The van der Waals surface area contributed by atoms with Crippen molar-refractivity contribution in [2.45, 2.75) is 64.1 Å². The van der Waals surface area contributed by atoms with Crippen molar-refractivity contribution >= 4 is 34.7 Å². The summed E-state index contributed by atoms with van der Waals surface area (Å²) < 4.78 is 11.3. The van der Waals surface area contributed by atoms with Crippen molar-refractivity contribution in [3.8, 4) is 5.75 Å². The van der Waals surface area contributed by atoms with E-state index in [9.17, 15) is 19.7 Å². The van der Waals surface area contributed by atoms with Gasteiger partial charge in [-0.05, 0) is 81.8 Å². The number of ether oxygens (including phenoxy) is 2. The number of benzene rings is 2. The van der Waals surface area contributed by atoms with Crippen LogP contribution in [0.3, 0.4) is 0 Å². The highest BCUT2D eigenvalue weighted by Gasteiger charge is 2.47. The van der Waals surface area contributed by atoms with Gasteiger partial charge in [-0.1, -0.05) is 18.7 Å². The Morgan fingerprint density at radius 2 is 2.02 bits per heavy atom. The molecule has 5 rings (SSSR count). The van der Waals surface area contributed by atoms with Gasteiger partial charge in [0, 0.05) is 35.8 Å². The molecule has 41 heavy (non-hydrogen) atoms. The number of nitrogens with one attached hydrogen (secondary N) is 1. The number of nitrogens with zero attached hydrogens (tertiary/aromatic N) is 3. The second-order valence-corrected chi connectivity index (χ2v) is 11.7. The van der Waals surface area contributed by atoms with Gasteiger partial charge < -0.3 is 19.7 Å². The fraction of sp³-hybridized carbons (Fsp3) is 0.387. The predicted octanol–water partition coefficient (Wildman–Crippen LogP) is 5.90. The first kappa shape index (κ1) is 28.1. The number of likely N-dealkylation sites (tertiary alicyclic amines) is 1. The molecule has 1 aliphatic carbocycles. The van der Waals surface area contributed by atoms with Crippen LogP contribution in [0.15, 0.2) is 49.2 Å². The Morgan fingerprint density at radius 1 is 1.27 bits per heavy atom. The minimum Gasteiger partial charge on any atom is -0.485 e. The molecule has 2 amide bonds. The van der Waals surface area contributed by atoms with Crippen LogP contribution in [-0.2, 0) is 10.3 Å². The Kier molecular flexibility index (Phi) is 7.19. The first-order valence-electron chi connectivity index (χ1n) is 13.7. The van der Waals surface area contributed by atoms with Crippen LogP contribution >= 0.6 is 0 Å². The van der Waals surface area contributed by atoms with Gasteiger partial charge in [0.2, 0.25) is 0 Å². The first-order chi connectivity index (χ1) is 19.4. The van der Waals surface area contributed by atoms with Crippen LogP contribution in [0, 0.1) is 17.0 Å². The average molecular weight is 559 g/mol. The van der Waals surface area contributed by atoms with Gasteiger partial charge in [0.15, 0.2) is 5.75 Å². The number of fused-ring (bicyclic) bond motifs is 1. The fourth-order valence-electron chi connectivity index (χ4n) is 5.13. The molecule has 2 aromatic carbocycles. The number of amides is 2. The zero-order chi connectivity index (χ0) is 29.5. The highest BCUT2D eigenvalue weighted by Crippen LogP contribution is 2.48. The summed E-state index contributed by atoms with van der Waals surface area (Å²) in [5.41, 5.74) is 2.00. The van der Waals surface area contributed by atoms with Crippen LogP contribution in [-0.4, -0.2) is 51.6 Å². The number of rotatable bonds is 8. The lowest BCUT2D eigenvalue weighted by atomic mass is 9.95. The summed E-state index contributed by atoms with van der Waals surface area (Å²) in [5.74, 6) is -0.366. The Bertz CT molecular complexity index is 1560. The third-order valence-corrected chi connectivity index (χ3v) is 7.55. The number of nitro benzene ring substituents is 1. The van der Waals surface area contributed by atoms with Gasteiger partial charge in [0.05, 0.1) is 22.0 Å². The van der Waals surface area contributed by atoms with E-state index in [4.69, 9.17) is 9.47 Å². The van der Waals surface area contributed by atoms with Gasteiger partial charge in [-0.2, -0.15) is 0 Å². The van der Waals surface area contributed by atoms with E-state index < -0.39 is 22.2 Å². The van der Waals surface area contributed by atoms with E-state index in [1.165, 1.54) is 12.1 Å². The molecule has 1 N–H and O–H groups in total.